The number of alkyl halides is 3. The lowest BCUT2D eigenvalue weighted by atomic mass is 9.87. The largest absolute Gasteiger partial charge is 0.482 e. The van der Waals surface area contributed by atoms with E-state index in [0.717, 1.165) is 12.8 Å². The van der Waals surface area contributed by atoms with Gasteiger partial charge in [-0.25, -0.2) is 0 Å². The molecule has 0 amide bonds. The zero-order valence-electron chi connectivity index (χ0n) is 9.70. The lowest BCUT2D eigenvalue weighted by Gasteiger charge is -2.34. The van der Waals surface area contributed by atoms with E-state index in [2.05, 4.69) is 5.32 Å². The molecule has 1 aromatic carbocycles. The Labute approximate surface area is 103 Å². The second-order valence-corrected chi connectivity index (χ2v) is 4.47. The highest BCUT2D eigenvalue weighted by Crippen LogP contribution is 2.30. The molecule has 0 radical (unpaired) electrons. The maximum atomic E-state index is 12.1. The molecule has 18 heavy (non-hydrogen) atoms. The Morgan fingerprint density at radius 3 is 2.56 bits per heavy atom. The van der Waals surface area contributed by atoms with E-state index in [0.29, 0.717) is 5.69 Å². The second-order valence-electron chi connectivity index (χ2n) is 4.47. The van der Waals surface area contributed by atoms with Crippen molar-refractivity contribution in [2.75, 3.05) is 11.9 Å². The van der Waals surface area contributed by atoms with Crippen molar-refractivity contribution < 1.29 is 17.9 Å². The third-order valence-electron chi connectivity index (χ3n) is 2.81. The van der Waals surface area contributed by atoms with Crippen molar-refractivity contribution in [2.24, 2.45) is 5.73 Å². The number of ether oxygens (including phenoxy) is 1. The highest BCUT2D eigenvalue weighted by atomic mass is 19.4. The molecule has 0 aromatic heterocycles. The van der Waals surface area contributed by atoms with Gasteiger partial charge >= 0.3 is 6.18 Å². The first kappa shape index (κ1) is 13.0. The fraction of sp³-hybridized carbons (Fsp3) is 0.500. The van der Waals surface area contributed by atoms with E-state index in [9.17, 15) is 13.2 Å². The number of para-hydroxylation sites is 2. The normalized spacial score (nSPS) is 23.3. The molecule has 0 atom stereocenters. The molecular formula is C12H15F3N2O. The zero-order chi connectivity index (χ0) is 13.2. The highest BCUT2D eigenvalue weighted by molar-refractivity contribution is 5.57. The van der Waals surface area contributed by atoms with Gasteiger partial charge in [-0.2, -0.15) is 13.2 Å². The van der Waals surface area contributed by atoms with Crippen molar-refractivity contribution in [3.8, 4) is 5.75 Å². The van der Waals surface area contributed by atoms with Gasteiger partial charge < -0.3 is 15.8 Å². The summed E-state index contributed by atoms with van der Waals surface area (Å²) in [6.07, 6.45) is -2.67. The van der Waals surface area contributed by atoms with Crippen LogP contribution in [0.25, 0.3) is 0 Å². The fourth-order valence-electron chi connectivity index (χ4n) is 1.87. The van der Waals surface area contributed by atoms with Crippen molar-refractivity contribution in [3.05, 3.63) is 24.3 Å². The van der Waals surface area contributed by atoms with E-state index >= 15 is 0 Å². The van der Waals surface area contributed by atoms with Crippen LogP contribution in [0.5, 0.6) is 5.75 Å². The van der Waals surface area contributed by atoms with E-state index in [1.54, 1.807) is 18.2 Å². The number of hydrogen-bond acceptors (Lipinski definition) is 3. The molecule has 0 saturated heterocycles. The molecule has 3 nitrogen and oxygen atoms in total. The summed E-state index contributed by atoms with van der Waals surface area (Å²) in [5, 5.41) is 3.14. The topological polar surface area (TPSA) is 47.3 Å². The van der Waals surface area contributed by atoms with E-state index in [1.165, 1.54) is 6.07 Å². The van der Waals surface area contributed by atoms with E-state index in [-0.39, 0.29) is 17.8 Å². The van der Waals surface area contributed by atoms with Crippen LogP contribution < -0.4 is 15.8 Å². The van der Waals surface area contributed by atoms with Crippen LogP contribution in [0.15, 0.2) is 24.3 Å². The van der Waals surface area contributed by atoms with Gasteiger partial charge in [0.1, 0.15) is 5.75 Å². The minimum Gasteiger partial charge on any atom is -0.482 e. The van der Waals surface area contributed by atoms with Crippen LogP contribution >= 0.6 is 0 Å². The first-order valence-corrected chi connectivity index (χ1v) is 5.75. The molecule has 6 heteroatoms. The van der Waals surface area contributed by atoms with Crippen LogP contribution in [0.3, 0.4) is 0 Å². The van der Waals surface area contributed by atoms with Gasteiger partial charge in [-0.05, 0) is 25.0 Å². The molecule has 1 aromatic rings. The number of rotatable bonds is 4. The molecule has 100 valence electrons. The summed E-state index contributed by atoms with van der Waals surface area (Å²) >= 11 is 0. The summed E-state index contributed by atoms with van der Waals surface area (Å²) in [4.78, 5) is 0. The van der Waals surface area contributed by atoms with Crippen molar-refractivity contribution in [3.63, 3.8) is 0 Å². The van der Waals surface area contributed by atoms with E-state index in [4.69, 9.17) is 10.5 Å². The smallest absolute Gasteiger partial charge is 0.422 e. The van der Waals surface area contributed by atoms with Gasteiger partial charge in [-0.1, -0.05) is 12.1 Å². The molecular weight excluding hydrogens is 245 g/mol. The van der Waals surface area contributed by atoms with Crippen LogP contribution in [0.1, 0.15) is 12.8 Å². The van der Waals surface area contributed by atoms with E-state index < -0.39 is 12.8 Å². The molecule has 0 aliphatic heterocycles. The standard InChI is InChI=1S/C12H15F3N2O/c13-12(14,15)7-18-11-4-2-1-3-10(11)17-9-5-8(16)6-9/h1-4,8-9,17H,5-7,16H2. The lowest BCUT2D eigenvalue weighted by Crippen LogP contribution is -2.44. The van der Waals surface area contributed by atoms with Gasteiger partial charge in [-0.15, -0.1) is 0 Å². The van der Waals surface area contributed by atoms with Crippen LogP contribution in [0, 0.1) is 0 Å². The summed E-state index contributed by atoms with van der Waals surface area (Å²) in [6.45, 7) is -1.28. The summed E-state index contributed by atoms with van der Waals surface area (Å²) in [6, 6.07) is 7.02. The quantitative estimate of drug-likeness (QED) is 0.874. The molecule has 0 bridgehead atoms. The third kappa shape index (κ3) is 3.53. The maximum absolute atomic E-state index is 12.1. The summed E-state index contributed by atoms with van der Waals surface area (Å²) in [5.41, 5.74) is 6.24. The summed E-state index contributed by atoms with van der Waals surface area (Å²) < 4.78 is 41.1. The molecule has 1 saturated carbocycles. The van der Waals surface area contributed by atoms with Gasteiger partial charge in [0.2, 0.25) is 0 Å². The Morgan fingerprint density at radius 1 is 1.28 bits per heavy atom. The molecule has 2 rings (SSSR count). The number of benzene rings is 1. The second kappa shape index (κ2) is 5.06. The average Bonchev–Trinajstić information content (AvgIpc) is 2.25. The number of nitrogens with two attached hydrogens (primary N) is 1. The van der Waals surface area contributed by atoms with Crippen molar-refractivity contribution in [1.29, 1.82) is 0 Å². The molecule has 0 unspecified atom stereocenters. The predicted octanol–water partition coefficient (Wildman–Crippen LogP) is 2.53. The molecule has 0 spiro atoms. The number of hydrogen-bond donors (Lipinski definition) is 2. The monoisotopic (exact) mass is 260 g/mol. The van der Waals surface area contributed by atoms with Gasteiger partial charge in [-0.3, -0.25) is 0 Å². The van der Waals surface area contributed by atoms with Crippen molar-refractivity contribution in [1.82, 2.24) is 0 Å². The number of halogens is 3. The lowest BCUT2D eigenvalue weighted by molar-refractivity contribution is -0.153. The first-order valence-electron chi connectivity index (χ1n) is 5.75. The molecule has 1 aliphatic carbocycles. The fourth-order valence-corrected chi connectivity index (χ4v) is 1.87. The number of nitrogens with one attached hydrogen (secondary N) is 1. The zero-order valence-corrected chi connectivity index (χ0v) is 9.70. The minimum atomic E-state index is -4.33. The Kier molecular flexibility index (Phi) is 3.65. The Balaban J connectivity index is 1.97. The van der Waals surface area contributed by atoms with Gasteiger partial charge in [0.05, 0.1) is 5.69 Å². The maximum Gasteiger partial charge on any atom is 0.422 e. The molecule has 1 fully saturated rings. The average molecular weight is 260 g/mol. The van der Waals surface area contributed by atoms with E-state index in [1.807, 2.05) is 0 Å². The van der Waals surface area contributed by atoms with Crippen LogP contribution in [-0.2, 0) is 0 Å². The predicted molar refractivity (Wildman–Crippen MR) is 62.6 cm³/mol. The number of anilines is 1. The minimum absolute atomic E-state index is 0.186. The van der Waals surface area contributed by atoms with Crippen LogP contribution in [0.2, 0.25) is 0 Å². The summed E-state index contributed by atoms with van der Waals surface area (Å²) in [5.74, 6) is 0.218. The van der Waals surface area contributed by atoms with Crippen LogP contribution in [0.4, 0.5) is 18.9 Å². The van der Waals surface area contributed by atoms with Crippen LogP contribution in [-0.4, -0.2) is 24.9 Å². The molecule has 3 N–H and O–H groups in total. The first-order chi connectivity index (χ1) is 8.44. The van der Waals surface area contributed by atoms with Gasteiger partial charge in [0.25, 0.3) is 0 Å². The van der Waals surface area contributed by atoms with Gasteiger partial charge in [0.15, 0.2) is 6.61 Å². The Bertz CT molecular complexity index is 403. The van der Waals surface area contributed by atoms with Gasteiger partial charge in [0, 0.05) is 12.1 Å². The third-order valence-corrected chi connectivity index (χ3v) is 2.81. The summed E-state index contributed by atoms with van der Waals surface area (Å²) in [7, 11) is 0. The highest BCUT2D eigenvalue weighted by Gasteiger charge is 2.29. The SMILES string of the molecule is NC1CC(Nc2ccccc2OCC(F)(F)F)C1. The molecule has 0 heterocycles. The van der Waals surface area contributed by atoms with Crippen molar-refractivity contribution in [2.45, 2.75) is 31.1 Å². The Morgan fingerprint density at radius 2 is 1.94 bits per heavy atom. The molecule has 1 aliphatic rings. The van der Waals surface area contributed by atoms with Crippen molar-refractivity contribution >= 4 is 5.69 Å². The Hall–Kier alpha value is -1.43.